The van der Waals surface area contributed by atoms with Crippen molar-refractivity contribution in [1.82, 2.24) is 4.31 Å². The van der Waals surface area contributed by atoms with Gasteiger partial charge in [0.15, 0.2) is 0 Å². The summed E-state index contributed by atoms with van der Waals surface area (Å²) >= 11 is 1.63. The van der Waals surface area contributed by atoms with Gasteiger partial charge in [-0.05, 0) is 17.5 Å². The molecule has 0 unspecified atom stereocenters. The van der Waals surface area contributed by atoms with Crippen molar-refractivity contribution in [2.75, 3.05) is 13.1 Å². The Morgan fingerprint density at radius 3 is 2.61 bits per heavy atom. The number of ketones is 1. The second-order valence-corrected chi connectivity index (χ2v) is 5.55. The molecule has 1 aliphatic rings. The van der Waals surface area contributed by atoms with E-state index in [9.17, 15) is 9.18 Å². The molecule has 0 aromatic heterocycles. The van der Waals surface area contributed by atoms with Crippen LogP contribution in [0.15, 0.2) is 18.2 Å². The van der Waals surface area contributed by atoms with E-state index in [1.807, 2.05) is 25.1 Å². The third-order valence-electron chi connectivity index (χ3n) is 3.22. The van der Waals surface area contributed by atoms with E-state index in [1.54, 1.807) is 11.9 Å². The molecule has 0 N–H and O–H groups in total. The molecule has 2 rings (SSSR count). The number of halogens is 1. The predicted octanol–water partition coefficient (Wildman–Crippen LogP) is 3.20. The largest absolute Gasteiger partial charge is 0.300 e. The monoisotopic (exact) mass is 267 g/mol. The molecule has 1 saturated heterocycles. The van der Waals surface area contributed by atoms with E-state index in [0.717, 1.165) is 30.6 Å². The van der Waals surface area contributed by atoms with Gasteiger partial charge >= 0.3 is 0 Å². The molecule has 18 heavy (non-hydrogen) atoms. The van der Waals surface area contributed by atoms with Crippen LogP contribution in [0.25, 0.3) is 0 Å². The van der Waals surface area contributed by atoms with Crippen molar-refractivity contribution in [3.63, 3.8) is 0 Å². The van der Waals surface area contributed by atoms with Gasteiger partial charge < -0.3 is 0 Å². The van der Waals surface area contributed by atoms with E-state index in [4.69, 9.17) is 0 Å². The van der Waals surface area contributed by atoms with Crippen LogP contribution in [0.3, 0.4) is 0 Å². The van der Waals surface area contributed by atoms with E-state index in [0.29, 0.717) is 24.4 Å². The van der Waals surface area contributed by atoms with Crippen molar-refractivity contribution in [2.45, 2.75) is 31.9 Å². The van der Waals surface area contributed by atoms with E-state index >= 15 is 0 Å². The SMILES string of the molecule is CCc1cccc(CSN2CCC(=O)CC2)c1F. The normalized spacial score (nSPS) is 17.1. The summed E-state index contributed by atoms with van der Waals surface area (Å²) in [5.74, 6) is 0.917. The van der Waals surface area contributed by atoms with Gasteiger partial charge in [-0.15, -0.1) is 0 Å². The second-order valence-electron chi connectivity index (χ2n) is 4.48. The summed E-state index contributed by atoms with van der Waals surface area (Å²) in [4.78, 5) is 11.1. The minimum atomic E-state index is -0.0689. The second kappa shape index (κ2) is 6.34. The molecule has 1 aliphatic heterocycles. The van der Waals surface area contributed by atoms with Crippen molar-refractivity contribution in [3.05, 3.63) is 35.1 Å². The first-order valence-electron chi connectivity index (χ1n) is 6.36. The smallest absolute Gasteiger partial charge is 0.135 e. The van der Waals surface area contributed by atoms with E-state index in [1.165, 1.54) is 0 Å². The fourth-order valence-electron chi connectivity index (χ4n) is 2.04. The van der Waals surface area contributed by atoms with Gasteiger partial charge in [0.1, 0.15) is 11.6 Å². The average molecular weight is 267 g/mol. The number of benzene rings is 1. The maximum atomic E-state index is 14.0. The molecular weight excluding hydrogens is 249 g/mol. The predicted molar refractivity (Wildman–Crippen MR) is 72.9 cm³/mol. The maximum absolute atomic E-state index is 14.0. The first kappa shape index (κ1) is 13.6. The summed E-state index contributed by atoms with van der Waals surface area (Å²) in [5, 5.41) is 0. The van der Waals surface area contributed by atoms with Gasteiger partial charge in [0.05, 0.1) is 0 Å². The summed E-state index contributed by atoms with van der Waals surface area (Å²) < 4.78 is 16.2. The van der Waals surface area contributed by atoms with Gasteiger partial charge in [0, 0.05) is 31.7 Å². The van der Waals surface area contributed by atoms with Gasteiger partial charge in [-0.25, -0.2) is 8.70 Å². The Hall–Kier alpha value is -0.870. The maximum Gasteiger partial charge on any atom is 0.135 e. The van der Waals surface area contributed by atoms with Gasteiger partial charge in [-0.2, -0.15) is 0 Å². The number of rotatable bonds is 4. The van der Waals surface area contributed by atoms with Crippen LogP contribution in [-0.4, -0.2) is 23.2 Å². The Kier molecular flexibility index (Phi) is 4.78. The number of piperidine rings is 1. The average Bonchev–Trinajstić information content (AvgIpc) is 2.39. The Morgan fingerprint density at radius 2 is 1.94 bits per heavy atom. The minimum absolute atomic E-state index is 0.0689. The van der Waals surface area contributed by atoms with Crippen LogP contribution in [0.2, 0.25) is 0 Å². The zero-order chi connectivity index (χ0) is 13.0. The molecule has 0 bridgehead atoms. The molecule has 0 saturated carbocycles. The zero-order valence-corrected chi connectivity index (χ0v) is 11.4. The Balaban J connectivity index is 1.92. The van der Waals surface area contributed by atoms with E-state index in [-0.39, 0.29) is 5.82 Å². The highest BCUT2D eigenvalue weighted by Gasteiger charge is 2.17. The van der Waals surface area contributed by atoms with Crippen LogP contribution >= 0.6 is 11.9 Å². The lowest BCUT2D eigenvalue weighted by Gasteiger charge is -2.24. The number of carbonyl (C=O) groups excluding carboxylic acids is 1. The van der Waals surface area contributed by atoms with Crippen molar-refractivity contribution >= 4 is 17.7 Å². The quantitative estimate of drug-likeness (QED) is 0.781. The number of nitrogens with zero attached hydrogens (tertiary/aromatic N) is 1. The highest BCUT2D eigenvalue weighted by Crippen LogP contribution is 2.23. The van der Waals surface area contributed by atoms with Gasteiger partial charge in [0.25, 0.3) is 0 Å². The molecular formula is C14H18FNOS. The van der Waals surface area contributed by atoms with Crippen LogP contribution in [0.1, 0.15) is 30.9 Å². The fourth-order valence-corrected chi connectivity index (χ4v) is 3.03. The molecule has 1 fully saturated rings. The Bertz CT molecular complexity index is 426. The first-order valence-corrected chi connectivity index (χ1v) is 7.30. The highest BCUT2D eigenvalue weighted by atomic mass is 32.2. The summed E-state index contributed by atoms with van der Waals surface area (Å²) in [6.45, 7) is 3.54. The number of hydrogen-bond donors (Lipinski definition) is 0. The van der Waals surface area contributed by atoms with Gasteiger partial charge in [-0.3, -0.25) is 4.79 Å². The molecule has 0 spiro atoms. The first-order chi connectivity index (χ1) is 8.70. The fraction of sp³-hybridized carbons (Fsp3) is 0.500. The summed E-state index contributed by atoms with van der Waals surface area (Å²) in [5.41, 5.74) is 1.54. The summed E-state index contributed by atoms with van der Waals surface area (Å²) in [7, 11) is 0. The lowest BCUT2D eigenvalue weighted by atomic mass is 10.1. The standard InChI is InChI=1S/C14H18FNOS/c1-2-11-4-3-5-12(14(11)15)10-18-16-8-6-13(17)7-9-16/h3-5H,2,6-10H2,1H3. The Morgan fingerprint density at radius 1 is 1.28 bits per heavy atom. The lowest BCUT2D eigenvalue weighted by Crippen LogP contribution is -2.28. The molecule has 1 heterocycles. The molecule has 2 nitrogen and oxygen atoms in total. The molecule has 0 atom stereocenters. The van der Waals surface area contributed by atoms with Crippen molar-refractivity contribution in [2.24, 2.45) is 0 Å². The lowest BCUT2D eigenvalue weighted by molar-refractivity contribution is -0.120. The molecule has 4 heteroatoms. The number of hydrogen-bond acceptors (Lipinski definition) is 3. The summed E-state index contributed by atoms with van der Waals surface area (Å²) in [6, 6.07) is 5.59. The number of Topliss-reactive ketones (excluding diaryl/α,β-unsaturated/α-hetero) is 1. The highest BCUT2D eigenvalue weighted by molar-refractivity contribution is 7.96. The van der Waals surface area contributed by atoms with Crippen LogP contribution in [-0.2, 0) is 17.0 Å². The number of carbonyl (C=O) groups is 1. The third-order valence-corrected chi connectivity index (χ3v) is 4.39. The minimum Gasteiger partial charge on any atom is -0.300 e. The van der Waals surface area contributed by atoms with Crippen LogP contribution in [0.4, 0.5) is 4.39 Å². The number of aryl methyl sites for hydroxylation is 1. The van der Waals surface area contributed by atoms with Crippen LogP contribution in [0, 0.1) is 5.82 Å². The van der Waals surface area contributed by atoms with Crippen molar-refractivity contribution < 1.29 is 9.18 Å². The third kappa shape index (κ3) is 3.33. The molecule has 0 amide bonds. The summed E-state index contributed by atoms with van der Waals surface area (Å²) in [6.07, 6.45) is 1.98. The van der Waals surface area contributed by atoms with Crippen molar-refractivity contribution in [1.29, 1.82) is 0 Å². The molecule has 0 radical (unpaired) electrons. The van der Waals surface area contributed by atoms with Gasteiger partial charge in [-0.1, -0.05) is 37.1 Å². The Labute approximate surface area is 112 Å². The van der Waals surface area contributed by atoms with Gasteiger partial charge in [0.2, 0.25) is 0 Å². The van der Waals surface area contributed by atoms with E-state index in [2.05, 4.69) is 4.31 Å². The van der Waals surface area contributed by atoms with Crippen molar-refractivity contribution in [3.8, 4) is 0 Å². The van der Waals surface area contributed by atoms with Crippen LogP contribution < -0.4 is 0 Å². The molecule has 0 aliphatic carbocycles. The molecule has 1 aromatic carbocycles. The topological polar surface area (TPSA) is 20.3 Å². The molecule has 98 valence electrons. The molecule has 1 aromatic rings. The van der Waals surface area contributed by atoms with E-state index < -0.39 is 0 Å². The van der Waals surface area contributed by atoms with Crippen LogP contribution in [0.5, 0.6) is 0 Å². The zero-order valence-electron chi connectivity index (χ0n) is 10.6.